The minimum atomic E-state index is -0.772. The molecule has 0 saturated carbocycles. The number of piperazine rings is 1. The third kappa shape index (κ3) is 3.74. The van der Waals surface area contributed by atoms with E-state index in [1.165, 1.54) is 14.2 Å². The largest absolute Gasteiger partial charge is 0.507 e. The van der Waals surface area contributed by atoms with Gasteiger partial charge in [-0.3, -0.25) is 9.69 Å². The van der Waals surface area contributed by atoms with Gasteiger partial charge < -0.3 is 40.7 Å². The molecule has 1 fully saturated rings. The molecule has 1 saturated heterocycles. The first-order chi connectivity index (χ1) is 19.0. The summed E-state index contributed by atoms with van der Waals surface area (Å²) in [5, 5.41) is 47.5. The van der Waals surface area contributed by atoms with Gasteiger partial charge in [-0.25, -0.2) is 0 Å². The fourth-order valence-corrected chi connectivity index (χ4v) is 6.66. The van der Waals surface area contributed by atoms with Gasteiger partial charge in [-0.2, -0.15) is 5.26 Å². The SMILES string of the molecule is COc1c(C)cc2c(c1O)[C@@H]1C3=Cc4c(O)c(C)c(OC)c(O)c4[C@H](CNC(=O)[C@H](C)N)N3[C@@H](C#N)[C@H](C2)N1C. The van der Waals surface area contributed by atoms with E-state index in [0.717, 1.165) is 11.1 Å². The molecule has 3 heterocycles. The lowest BCUT2D eigenvalue weighted by molar-refractivity contribution is -0.122. The molecule has 2 aromatic rings. The number of phenols is 3. The number of amides is 1. The Morgan fingerprint density at radius 3 is 2.42 bits per heavy atom. The molecule has 11 nitrogen and oxygen atoms in total. The molecule has 0 aromatic heterocycles. The number of ether oxygens (including phenoxy) is 2. The number of nitrogens with one attached hydrogen (secondary N) is 1. The van der Waals surface area contributed by atoms with Crippen molar-refractivity contribution in [3.05, 3.63) is 45.1 Å². The van der Waals surface area contributed by atoms with Crippen molar-refractivity contribution in [1.29, 1.82) is 5.26 Å². The van der Waals surface area contributed by atoms with Gasteiger partial charge in [0.15, 0.2) is 23.0 Å². The van der Waals surface area contributed by atoms with Crippen molar-refractivity contribution >= 4 is 12.0 Å². The average Bonchev–Trinajstić information content (AvgIpc) is 2.91. The highest BCUT2D eigenvalue weighted by Gasteiger charge is 2.53. The van der Waals surface area contributed by atoms with Gasteiger partial charge in [0.25, 0.3) is 0 Å². The fourth-order valence-electron chi connectivity index (χ4n) is 6.66. The normalized spacial score (nSPS) is 23.6. The van der Waals surface area contributed by atoms with Crippen LogP contribution in [0.4, 0.5) is 0 Å². The van der Waals surface area contributed by atoms with E-state index in [9.17, 15) is 25.4 Å². The van der Waals surface area contributed by atoms with Crippen LogP contribution in [0.15, 0.2) is 11.8 Å². The van der Waals surface area contributed by atoms with Gasteiger partial charge in [0.1, 0.15) is 11.8 Å². The maximum atomic E-state index is 12.6. The molecule has 0 radical (unpaired) electrons. The number of nitriles is 1. The number of carbonyl (C=O) groups is 1. The lowest BCUT2D eigenvalue weighted by atomic mass is 9.75. The molecule has 5 rings (SSSR count). The first-order valence-corrected chi connectivity index (χ1v) is 13.1. The summed E-state index contributed by atoms with van der Waals surface area (Å²) in [6.45, 7) is 5.08. The summed E-state index contributed by atoms with van der Waals surface area (Å²) in [6.07, 6.45) is 2.24. The summed E-state index contributed by atoms with van der Waals surface area (Å²) in [5.74, 6) is -0.147. The third-order valence-corrected chi connectivity index (χ3v) is 8.54. The highest BCUT2D eigenvalue weighted by atomic mass is 16.5. The van der Waals surface area contributed by atoms with Gasteiger partial charge in [0, 0.05) is 40.5 Å². The number of benzene rings is 2. The van der Waals surface area contributed by atoms with E-state index in [-0.39, 0.29) is 35.6 Å². The molecule has 0 spiro atoms. The van der Waals surface area contributed by atoms with Crippen molar-refractivity contribution in [2.45, 2.75) is 57.4 Å². The van der Waals surface area contributed by atoms with Gasteiger partial charge in [-0.1, -0.05) is 6.07 Å². The molecular weight excluding hydrogens is 514 g/mol. The molecule has 2 aromatic carbocycles. The Labute approximate surface area is 233 Å². The second kappa shape index (κ2) is 9.80. The zero-order valence-electron chi connectivity index (χ0n) is 23.4. The van der Waals surface area contributed by atoms with Crippen molar-refractivity contribution in [1.82, 2.24) is 15.1 Å². The number of carbonyl (C=O) groups excluding carboxylic acids is 1. The number of methoxy groups -OCH3 is 2. The van der Waals surface area contributed by atoms with Crippen molar-refractivity contribution in [2.24, 2.45) is 5.73 Å². The zero-order valence-corrected chi connectivity index (χ0v) is 23.4. The number of aryl methyl sites for hydroxylation is 1. The predicted molar refractivity (Wildman–Crippen MR) is 147 cm³/mol. The van der Waals surface area contributed by atoms with E-state index >= 15 is 0 Å². The maximum absolute atomic E-state index is 12.6. The average molecular weight is 550 g/mol. The molecule has 0 aliphatic carbocycles. The molecular formula is C29H35N5O6. The lowest BCUT2D eigenvalue weighted by Crippen LogP contribution is -2.62. The van der Waals surface area contributed by atoms with Crippen molar-refractivity contribution in [3.8, 4) is 34.8 Å². The van der Waals surface area contributed by atoms with Gasteiger partial charge in [-0.05, 0) is 51.4 Å². The van der Waals surface area contributed by atoms with Crippen LogP contribution >= 0.6 is 0 Å². The summed E-state index contributed by atoms with van der Waals surface area (Å²) in [5.41, 5.74) is 9.85. The number of fused-ring (bicyclic) bond motifs is 7. The van der Waals surface area contributed by atoms with E-state index in [2.05, 4.69) is 16.3 Å². The summed E-state index contributed by atoms with van der Waals surface area (Å²) >= 11 is 0. The first kappa shape index (κ1) is 27.4. The van der Waals surface area contributed by atoms with Crippen LogP contribution in [0.2, 0.25) is 0 Å². The smallest absolute Gasteiger partial charge is 0.236 e. The molecule has 1 amide bonds. The lowest BCUT2D eigenvalue weighted by Gasteiger charge is -2.57. The highest BCUT2D eigenvalue weighted by Crippen LogP contribution is 2.57. The van der Waals surface area contributed by atoms with E-state index in [1.807, 2.05) is 24.9 Å². The molecule has 40 heavy (non-hydrogen) atoms. The molecule has 5 atom stereocenters. The van der Waals surface area contributed by atoms with Gasteiger partial charge in [0.05, 0.1) is 38.4 Å². The van der Waals surface area contributed by atoms with Crippen LogP contribution in [-0.2, 0) is 11.2 Å². The summed E-state index contributed by atoms with van der Waals surface area (Å²) in [6, 6.07) is 1.45. The molecule has 3 aliphatic heterocycles. The Kier molecular flexibility index (Phi) is 6.72. The van der Waals surface area contributed by atoms with E-state index in [0.29, 0.717) is 40.1 Å². The van der Waals surface area contributed by atoms with Crippen LogP contribution in [0, 0.1) is 25.2 Å². The zero-order chi connectivity index (χ0) is 29.2. The van der Waals surface area contributed by atoms with E-state index in [4.69, 9.17) is 15.2 Å². The number of likely N-dealkylation sites (N-methyl/N-ethyl adjacent to an activating group) is 1. The van der Waals surface area contributed by atoms with Crippen molar-refractivity contribution in [3.63, 3.8) is 0 Å². The third-order valence-electron chi connectivity index (χ3n) is 8.54. The topological polar surface area (TPSA) is 165 Å². The number of aromatic hydroxyl groups is 3. The number of nitrogens with zero attached hydrogens (tertiary/aromatic N) is 3. The predicted octanol–water partition coefficient (Wildman–Crippen LogP) is 2.10. The second-order valence-corrected chi connectivity index (χ2v) is 10.8. The standard InChI is InChI=1S/C29H35N5O6/c1-12-7-15-8-17-19(10-30)34-18(23(33(17)4)21(15)25(36)27(12)39-5)9-16-22(20(34)11-32-29(38)14(3)31)26(37)28(40-6)13(2)24(16)35/h7,9,14,17,19-20,23,35-37H,8,11,31H2,1-6H3,(H,32,38)/t14-,17-,19-,20-,23-/m0/s1. The van der Waals surface area contributed by atoms with Crippen LogP contribution in [-0.4, -0.2) is 77.0 Å². The van der Waals surface area contributed by atoms with Crippen molar-refractivity contribution < 1.29 is 29.6 Å². The van der Waals surface area contributed by atoms with Gasteiger partial charge >= 0.3 is 0 Å². The van der Waals surface area contributed by atoms with Gasteiger partial charge in [0.2, 0.25) is 5.91 Å². The molecule has 212 valence electrons. The Bertz CT molecular complexity index is 1480. The van der Waals surface area contributed by atoms with Crippen LogP contribution in [0.1, 0.15) is 52.4 Å². The Balaban J connectivity index is 1.81. The molecule has 11 heteroatoms. The highest BCUT2D eigenvalue weighted by molar-refractivity contribution is 5.81. The number of hydrogen-bond donors (Lipinski definition) is 5. The summed E-state index contributed by atoms with van der Waals surface area (Å²) in [4.78, 5) is 16.5. The Hall–Kier alpha value is -4.14. The van der Waals surface area contributed by atoms with E-state index in [1.54, 1.807) is 19.9 Å². The number of nitrogens with two attached hydrogens (primary N) is 1. The van der Waals surface area contributed by atoms with Crippen LogP contribution in [0.25, 0.3) is 6.08 Å². The Morgan fingerprint density at radius 1 is 1.18 bits per heavy atom. The van der Waals surface area contributed by atoms with Crippen molar-refractivity contribution in [2.75, 3.05) is 27.8 Å². The van der Waals surface area contributed by atoms with Crippen LogP contribution < -0.4 is 20.5 Å². The van der Waals surface area contributed by atoms with Crippen LogP contribution in [0.3, 0.4) is 0 Å². The maximum Gasteiger partial charge on any atom is 0.236 e. The molecule has 2 bridgehead atoms. The fraction of sp³-hybridized carbons (Fsp3) is 0.448. The number of rotatable bonds is 5. The molecule has 3 aliphatic rings. The Morgan fingerprint density at radius 2 is 1.82 bits per heavy atom. The number of phenolic OH excluding ortho intramolecular Hbond substituents is 3. The van der Waals surface area contributed by atoms with Crippen LogP contribution in [0.5, 0.6) is 28.7 Å². The summed E-state index contributed by atoms with van der Waals surface area (Å²) < 4.78 is 11.0. The monoisotopic (exact) mass is 549 g/mol. The molecule has 0 unspecified atom stereocenters. The number of hydrogen-bond acceptors (Lipinski definition) is 10. The minimum Gasteiger partial charge on any atom is -0.507 e. The quantitative estimate of drug-likeness (QED) is 0.349. The minimum absolute atomic E-state index is 0.00131. The van der Waals surface area contributed by atoms with E-state index < -0.39 is 30.1 Å². The second-order valence-electron chi connectivity index (χ2n) is 10.8. The molecule has 6 N–H and O–H groups in total. The van der Waals surface area contributed by atoms with Gasteiger partial charge in [-0.15, -0.1) is 0 Å². The first-order valence-electron chi connectivity index (χ1n) is 13.1. The summed E-state index contributed by atoms with van der Waals surface area (Å²) in [7, 11) is 4.82.